The van der Waals surface area contributed by atoms with Gasteiger partial charge in [0.05, 0.1) is 21.2 Å². The molecule has 2 amide bonds. The summed E-state index contributed by atoms with van der Waals surface area (Å²) in [5, 5.41) is 2.94. The molecule has 4 aromatic carbocycles. The summed E-state index contributed by atoms with van der Waals surface area (Å²) < 4.78 is 71.2. The average Bonchev–Trinajstić information content (AvgIpc) is 3.10. The van der Waals surface area contributed by atoms with Gasteiger partial charge in [-0.2, -0.15) is 13.2 Å². The Bertz CT molecular complexity index is 1920. The fourth-order valence-electron chi connectivity index (χ4n) is 6.14. The lowest BCUT2D eigenvalue weighted by atomic mass is 9.94. The summed E-state index contributed by atoms with van der Waals surface area (Å²) in [5.74, 6) is -1.21. The van der Waals surface area contributed by atoms with Gasteiger partial charge in [0.25, 0.3) is 10.0 Å². The molecule has 1 atom stereocenters. The molecule has 5 rings (SSSR count). The van der Waals surface area contributed by atoms with Crippen LogP contribution in [0.1, 0.15) is 54.4 Å². The molecular weight excluding hydrogens is 722 g/mol. The second kappa shape index (κ2) is 16.5. The van der Waals surface area contributed by atoms with Crippen LogP contribution in [-0.4, -0.2) is 43.8 Å². The normalized spacial score (nSPS) is 14.5. The van der Waals surface area contributed by atoms with Gasteiger partial charge >= 0.3 is 6.18 Å². The van der Waals surface area contributed by atoms with Crippen molar-refractivity contribution in [3.05, 3.63) is 129 Å². The molecule has 1 fully saturated rings. The number of anilines is 1. The molecule has 0 bridgehead atoms. The molecular formula is C38H38Cl2F3N3O4S. The highest BCUT2D eigenvalue weighted by atomic mass is 35.5. The number of hydrogen-bond acceptors (Lipinski definition) is 4. The SMILES string of the molecule is Cc1ccc(S(=O)(=O)N(CC(=O)N(Cc2ccc(Cl)cc2)[C@H](Cc2ccccc2)C(=O)NC2CCCCC2)c2ccc(Cl)c(C(F)(F)F)c2)cc1. The summed E-state index contributed by atoms with van der Waals surface area (Å²) in [6.45, 7) is 0.732. The van der Waals surface area contributed by atoms with Crippen LogP contribution in [0.3, 0.4) is 0 Å². The quantitative estimate of drug-likeness (QED) is 0.157. The zero-order valence-corrected chi connectivity index (χ0v) is 30.2. The zero-order chi connectivity index (χ0) is 36.8. The van der Waals surface area contributed by atoms with Gasteiger partial charge in [0, 0.05) is 24.0 Å². The third-order valence-corrected chi connectivity index (χ3v) is 11.3. The van der Waals surface area contributed by atoms with Crippen molar-refractivity contribution in [2.75, 3.05) is 10.8 Å². The molecule has 7 nitrogen and oxygen atoms in total. The number of amides is 2. The van der Waals surface area contributed by atoms with Crippen LogP contribution in [-0.2, 0) is 38.8 Å². The molecule has 0 saturated heterocycles. The second-order valence-corrected chi connectivity index (χ2v) is 15.4. The highest BCUT2D eigenvalue weighted by molar-refractivity contribution is 7.92. The summed E-state index contributed by atoms with van der Waals surface area (Å²) in [6.07, 6.45) is -0.265. The van der Waals surface area contributed by atoms with E-state index in [9.17, 15) is 31.2 Å². The smallest absolute Gasteiger partial charge is 0.352 e. The lowest BCUT2D eigenvalue weighted by molar-refractivity contribution is -0.140. The number of carbonyl (C=O) groups excluding carboxylic acids is 2. The van der Waals surface area contributed by atoms with Crippen LogP contribution in [0.15, 0.2) is 102 Å². The first-order valence-electron chi connectivity index (χ1n) is 16.6. The first kappa shape index (κ1) is 38.2. The lowest BCUT2D eigenvalue weighted by Gasteiger charge is -2.35. The molecule has 0 radical (unpaired) electrons. The Hall–Kier alpha value is -4.06. The largest absolute Gasteiger partial charge is 0.417 e. The van der Waals surface area contributed by atoms with Crippen molar-refractivity contribution in [3.63, 3.8) is 0 Å². The van der Waals surface area contributed by atoms with Crippen molar-refractivity contribution in [3.8, 4) is 0 Å². The van der Waals surface area contributed by atoms with E-state index in [-0.39, 0.29) is 23.9 Å². The molecule has 0 heterocycles. The second-order valence-electron chi connectivity index (χ2n) is 12.7. The maximum Gasteiger partial charge on any atom is 0.417 e. The Balaban J connectivity index is 1.61. The summed E-state index contributed by atoms with van der Waals surface area (Å²) in [4.78, 5) is 29.9. The predicted octanol–water partition coefficient (Wildman–Crippen LogP) is 8.60. The van der Waals surface area contributed by atoms with Crippen LogP contribution in [0.2, 0.25) is 10.0 Å². The fourth-order valence-corrected chi connectivity index (χ4v) is 7.89. The van der Waals surface area contributed by atoms with Crippen LogP contribution in [0.4, 0.5) is 18.9 Å². The first-order valence-corrected chi connectivity index (χ1v) is 18.8. The average molecular weight is 761 g/mol. The van der Waals surface area contributed by atoms with Gasteiger partial charge < -0.3 is 10.2 Å². The highest BCUT2D eigenvalue weighted by Crippen LogP contribution is 2.38. The van der Waals surface area contributed by atoms with E-state index in [1.54, 1.807) is 43.3 Å². The van der Waals surface area contributed by atoms with E-state index >= 15 is 0 Å². The molecule has 51 heavy (non-hydrogen) atoms. The van der Waals surface area contributed by atoms with Gasteiger partial charge in [-0.1, -0.05) is 103 Å². The number of carbonyl (C=O) groups is 2. The summed E-state index contributed by atoms with van der Waals surface area (Å²) in [5.41, 5.74) is 0.439. The molecule has 0 aliphatic heterocycles. The minimum Gasteiger partial charge on any atom is -0.352 e. The maximum absolute atomic E-state index is 14.7. The van der Waals surface area contributed by atoms with Gasteiger partial charge in [-0.3, -0.25) is 13.9 Å². The molecule has 0 spiro atoms. The van der Waals surface area contributed by atoms with E-state index in [2.05, 4.69) is 5.32 Å². The van der Waals surface area contributed by atoms with Crippen molar-refractivity contribution in [2.45, 2.75) is 75.1 Å². The van der Waals surface area contributed by atoms with E-state index in [0.717, 1.165) is 55.4 Å². The monoisotopic (exact) mass is 759 g/mol. The summed E-state index contributed by atoms with van der Waals surface area (Å²) >= 11 is 12.1. The molecule has 0 unspecified atom stereocenters. The Morgan fingerprint density at radius 2 is 1.51 bits per heavy atom. The van der Waals surface area contributed by atoms with Gasteiger partial charge in [-0.15, -0.1) is 0 Å². The van der Waals surface area contributed by atoms with Crippen LogP contribution >= 0.6 is 23.2 Å². The molecule has 1 aliphatic carbocycles. The van der Waals surface area contributed by atoms with Crippen LogP contribution in [0.5, 0.6) is 0 Å². The summed E-state index contributed by atoms with van der Waals surface area (Å²) in [7, 11) is -4.62. The Morgan fingerprint density at radius 3 is 2.14 bits per heavy atom. The van der Waals surface area contributed by atoms with Crippen LogP contribution < -0.4 is 9.62 Å². The highest BCUT2D eigenvalue weighted by Gasteiger charge is 2.38. The van der Waals surface area contributed by atoms with Crippen LogP contribution in [0.25, 0.3) is 0 Å². The van der Waals surface area contributed by atoms with E-state index in [1.807, 2.05) is 30.3 Å². The maximum atomic E-state index is 14.7. The topological polar surface area (TPSA) is 86.8 Å². The molecule has 13 heteroatoms. The van der Waals surface area contributed by atoms with E-state index in [0.29, 0.717) is 21.0 Å². The Kier molecular flexibility index (Phi) is 12.4. The summed E-state index contributed by atoms with van der Waals surface area (Å²) in [6, 6.07) is 23.0. The Morgan fingerprint density at radius 1 is 0.863 bits per heavy atom. The van der Waals surface area contributed by atoms with Crippen molar-refractivity contribution >= 4 is 50.7 Å². The van der Waals surface area contributed by atoms with Crippen LogP contribution in [0, 0.1) is 6.92 Å². The molecule has 4 aromatic rings. The zero-order valence-electron chi connectivity index (χ0n) is 27.9. The standard InChI is InChI=1S/C38H38Cl2F3N3O4S/c1-26-12-19-32(20-13-26)51(49,50)46(31-18-21-34(40)33(23-31)38(41,42)43)25-36(47)45(24-28-14-16-29(39)17-15-28)35(22-27-8-4-2-5-9-27)37(48)44-30-10-6-3-7-11-30/h2,4-5,8-9,12-21,23,30,35H,3,6-7,10-11,22,24-25H2,1H3,(H,44,48)/t35-/m1/s1. The third kappa shape index (κ3) is 9.84. The number of hydrogen-bond donors (Lipinski definition) is 1. The first-order chi connectivity index (χ1) is 24.2. The van der Waals surface area contributed by atoms with Gasteiger partial charge in [-0.25, -0.2) is 8.42 Å². The van der Waals surface area contributed by atoms with Gasteiger partial charge in [0.1, 0.15) is 12.6 Å². The van der Waals surface area contributed by atoms with Crippen molar-refractivity contribution < 1.29 is 31.2 Å². The number of halogens is 5. The minimum absolute atomic E-state index is 0.0923. The van der Waals surface area contributed by atoms with E-state index in [4.69, 9.17) is 23.2 Å². The fraction of sp³-hybridized carbons (Fsp3) is 0.316. The number of alkyl halides is 3. The molecule has 0 aromatic heterocycles. The van der Waals surface area contributed by atoms with Gasteiger partial charge in [0.15, 0.2) is 0 Å². The molecule has 270 valence electrons. The van der Waals surface area contributed by atoms with E-state index in [1.165, 1.54) is 17.0 Å². The lowest BCUT2D eigenvalue weighted by Crippen LogP contribution is -2.55. The number of benzene rings is 4. The molecule has 1 aliphatic rings. The minimum atomic E-state index is -4.91. The number of rotatable bonds is 12. The number of nitrogens with zero attached hydrogens (tertiary/aromatic N) is 2. The van der Waals surface area contributed by atoms with Gasteiger partial charge in [0.2, 0.25) is 11.8 Å². The molecule has 1 saturated carbocycles. The predicted molar refractivity (Wildman–Crippen MR) is 193 cm³/mol. The number of nitrogens with one attached hydrogen (secondary N) is 1. The Labute approximate surface area is 306 Å². The third-order valence-electron chi connectivity index (χ3n) is 8.92. The van der Waals surface area contributed by atoms with Crippen molar-refractivity contribution in [1.82, 2.24) is 10.2 Å². The van der Waals surface area contributed by atoms with Gasteiger partial charge in [-0.05, 0) is 73.4 Å². The number of sulfonamides is 1. The number of aryl methyl sites for hydroxylation is 1. The van der Waals surface area contributed by atoms with E-state index < -0.39 is 56.9 Å². The van der Waals surface area contributed by atoms with Crippen molar-refractivity contribution in [1.29, 1.82) is 0 Å². The van der Waals surface area contributed by atoms with Crippen molar-refractivity contribution in [2.24, 2.45) is 0 Å². The molecule has 1 N–H and O–H groups in total.